The van der Waals surface area contributed by atoms with E-state index in [1.807, 2.05) is 19.1 Å². The Morgan fingerprint density at radius 3 is 2.52 bits per heavy atom. The zero-order valence-corrected chi connectivity index (χ0v) is 15.0. The van der Waals surface area contributed by atoms with Gasteiger partial charge in [0.15, 0.2) is 5.75 Å². The minimum atomic E-state index is -3.85. The molecule has 3 aromatic rings. The van der Waals surface area contributed by atoms with Crippen LogP contribution >= 0.6 is 0 Å². The highest BCUT2D eigenvalue weighted by Crippen LogP contribution is 2.34. The molecule has 25 heavy (non-hydrogen) atoms. The molecule has 5 heteroatoms. The first kappa shape index (κ1) is 16.2. The lowest BCUT2D eigenvalue weighted by Gasteiger charge is -2.08. The summed E-state index contributed by atoms with van der Waals surface area (Å²) < 4.78 is 30.7. The highest BCUT2D eigenvalue weighted by molar-refractivity contribution is 7.87. The lowest BCUT2D eigenvalue weighted by molar-refractivity contribution is 0.488. The summed E-state index contributed by atoms with van der Waals surface area (Å²) in [4.78, 5) is 3.59. The first-order chi connectivity index (χ1) is 12.0. The average molecular weight is 355 g/mol. The molecule has 1 heterocycles. The van der Waals surface area contributed by atoms with Crippen molar-refractivity contribution < 1.29 is 12.6 Å². The van der Waals surface area contributed by atoms with Crippen LogP contribution in [0.25, 0.3) is 10.9 Å². The van der Waals surface area contributed by atoms with Crippen molar-refractivity contribution in [1.29, 1.82) is 0 Å². The summed E-state index contributed by atoms with van der Waals surface area (Å²) in [5.74, 6) is 0.367. The van der Waals surface area contributed by atoms with Gasteiger partial charge in [0.1, 0.15) is 4.90 Å². The van der Waals surface area contributed by atoms with E-state index in [9.17, 15) is 8.42 Å². The highest BCUT2D eigenvalue weighted by Gasteiger charge is 2.21. The van der Waals surface area contributed by atoms with Gasteiger partial charge >= 0.3 is 10.1 Å². The second-order valence-electron chi connectivity index (χ2n) is 6.67. The van der Waals surface area contributed by atoms with Gasteiger partial charge in [0, 0.05) is 11.1 Å². The van der Waals surface area contributed by atoms with Crippen LogP contribution in [-0.4, -0.2) is 13.4 Å². The zero-order valence-electron chi connectivity index (χ0n) is 14.2. The predicted molar refractivity (Wildman–Crippen MR) is 98.6 cm³/mol. The number of hydrogen-bond donors (Lipinski definition) is 1. The van der Waals surface area contributed by atoms with E-state index in [1.54, 1.807) is 30.3 Å². The molecule has 0 bridgehead atoms. The first-order valence-corrected chi connectivity index (χ1v) is 10.1. The maximum Gasteiger partial charge on any atom is 0.339 e. The van der Waals surface area contributed by atoms with Gasteiger partial charge in [0.25, 0.3) is 0 Å². The van der Waals surface area contributed by atoms with Crippen LogP contribution in [0.15, 0.2) is 47.4 Å². The SMILES string of the molecule is Cc1ccc(S(=O)(=O)Oc2cccc3c4c([nH]c23)CCCCC4)cc1. The van der Waals surface area contributed by atoms with Crippen LogP contribution in [0.1, 0.15) is 36.1 Å². The molecule has 0 saturated carbocycles. The van der Waals surface area contributed by atoms with Crippen LogP contribution in [-0.2, 0) is 23.0 Å². The second-order valence-corrected chi connectivity index (χ2v) is 8.22. The van der Waals surface area contributed by atoms with Crippen molar-refractivity contribution in [3.8, 4) is 5.75 Å². The summed E-state index contributed by atoms with van der Waals surface area (Å²) in [6.07, 6.45) is 5.62. The fraction of sp³-hybridized carbons (Fsp3) is 0.300. The topological polar surface area (TPSA) is 59.2 Å². The van der Waals surface area contributed by atoms with Crippen molar-refractivity contribution in [2.75, 3.05) is 0 Å². The quantitative estimate of drug-likeness (QED) is 0.555. The van der Waals surface area contributed by atoms with E-state index in [0.29, 0.717) is 5.75 Å². The highest BCUT2D eigenvalue weighted by atomic mass is 32.2. The number of nitrogens with one attached hydrogen (secondary N) is 1. The minimum Gasteiger partial charge on any atom is -0.377 e. The third kappa shape index (κ3) is 3.04. The van der Waals surface area contributed by atoms with Gasteiger partial charge in [-0.1, -0.05) is 36.2 Å². The molecule has 130 valence electrons. The number of fused-ring (bicyclic) bond motifs is 3. The standard InChI is InChI=1S/C20H21NO3S/c1-14-10-12-15(13-11-14)25(22,23)24-19-9-5-7-17-16-6-3-2-4-8-18(16)21-20(17)19/h5,7,9-13,21H,2-4,6,8H2,1H3. The van der Waals surface area contributed by atoms with Gasteiger partial charge in [-0.25, -0.2) is 0 Å². The van der Waals surface area contributed by atoms with Gasteiger partial charge in [0.2, 0.25) is 0 Å². The third-order valence-corrected chi connectivity index (χ3v) is 6.10. The van der Waals surface area contributed by atoms with Gasteiger partial charge in [-0.3, -0.25) is 0 Å². The van der Waals surface area contributed by atoms with Crippen molar-refractivity contribution in [3.05, 3.63) is 59.3 Å². The van der Waals surface area contributed by atoms with Crippen LogP contribution in [0.3, 0.4) is 0 Å². The predicted octanol–water partition coefficient (Wildman–Crippen LogP) is 4.51. The van der Waals surface area contributed by atoms with Crippen LogP contribution in [0.4, 0.5) is 0 Å². The average Bonchev–Trinajstić information content (AvgIpc) is 2.78. The Morgan fingerprint density at radius 1 is 0.960 bits per heavy atom. The summed E-state index contributed by atoms with van der Waals surface area (Å²) in [6, 6.07) is 12.3. The molecule has 0 atom stereocenters. The van der Waals surface area contributed by atoms with Gasteiger partial charge in [-0.15, -0.1) is 0 Å². The van der Waals surface area contributed by atoms with Crippen molar-refractivity contribution >= 4 is 21.0 Å². The molecule has 0 spiro atoms. The number of benzene rings is 2. The van der Waals surface area contributed by atoms with E-state index in [4.69, 9.17) is 4.18 Å². The van der Waals surface area contributed by atoms with Crippen LogP contribution in [0.5, 0.6) is 5.75 Å². The molecule has 1 aliphatic carbocycles. The molecule has 2 aromatic carbocycles. The molecule has 4 nitrogen and oxygen atoms in total. The monoisotopic (exact) mass is 355 g/mol. The molecule has 1 aliphatic rings. The Hall–Kier alpha value is -2.27. The normalized spacial score (nSPS) is 14.9. The van der Waals surface area contributed by atoms with Crippen molar-refractivity contribution in [1.82, 2.24) is 4.98 Å². The van der Waals surface area contributed by atoms with E-state index in [1.165, 1.54) is 24.1 Å². The molecular weight excluding hydrogens is 334 g/mol. The number of rotatable bonds is 3. The van der Waals surface area contributed by atoms with E-state index in [0.717, 1.165) is 35.7 Å². The van der Waals surface area contributed by atoms with Gasteiger partial charge < -0.3 is 9.17 Å². The van der Waals surface area contributed by atoms with Crippen molar-refractivity contribution in [2.24, 2.45) is 0 Å². The van der Waals surface area contributed by atoms with Crippen LogP contribution in [0.2, 0.25) is 0 Å². The fourth-order valence-corrected chi connectivity index (χ4v) is 4.46. The molecule has 0 fully saturated rings. The van der Waals surface area contributed by atoms with Gasteiger partial charge in [-0.05, 0) is 56.4 Å². The summed E-state index contributed by atoms with van der Waals surface area (Å²) in [6.45, 7) is 1.92. The molecule has 1 aromatic heterocycles. The summed E-state index contributed by atoms with van der Waals surface area (Å²) in [5.41, 5.74) is 4.32. The Morgan fingerprint density at radius 2 is 1.72 bits per heavy atom. The number of aryl methyl sites for hydroxylation is 3. The number of H-pyrrole nitrogens is 1. The van der Waals surface area contributed by atoms with Crippen LogP contribution in [0, 0.1) is 6.92 Å². The van der Waals surface area contributed by atoms with Gasteiger partial charge in [-0.2, -0.15) is 8.42 Å². The maximum absolute atomic E-state index is 12.6. The smallest absolute Gasteiger partial charge is 0.339 e. The van der Waals surface area contributed by atoms with Gasteiger partial charge in [0.05, 0.1) is 5.52 Å². The van der Waals surface area contributed by atoms with E-state index >= 15 is 0 Å². The summed E-state index contributed by atoms with van der Waals surface area (Å²) in [5, 5.41) is 1.08. The zero-order chi connectivity index (χ0) is 17.4. The lowest BCUT2D eigenvalue weighted by atomic mass is 10.1. The van der Waals surface area contributed by atoms with E-state index in [2.05, 4.69) is 4.98 Å². The summed E-state index contributed by atoms with van der Waals surface area (Å²) >= 11 is 0. The van der Waals surface area contributed by atoms with Crippen LogP contribution < -0.4 is 4.18 Å². The largest absolute Gasteiger partial charge is 0.377 e. The summed E-state index contributed by atoms with van der Waals surface area (Å²) in [7, 11) is -3.85. The Labute approximate surface area is 148 Å². The molecule has 0 radical (unpaired) electrons. The molecule has 4 rings (SSSR count). The molecule has 0 unspecified atom stereocenters. The maximum atomic E-state index is 12.6. The first-order valence-electron chi connectivity index (χ1n) is 8.68. The Bertz CT molecular complexity index is 1020. The number of aromatic amines is 1. The number of aromatic nitrogens is 1. The fourth-order valence-electron chi connectivity index (χ4n) is 3.52. The molecule has 0 amide bonds. The molecule has 0 saturated heterocycles. The lowest BCUT2D eigenvalue weighted by Crippen LogP contribution is -2.10. The van der Waals surface area contributed by atoms with Crippen molar-refractivity contribution in [2.45, 2.75) is 43.9 Å². The van der Waals surface area contributed by atoms with E-state index < -0.39 is 10.1 Å². The van der Waals surface area contributed by atoms with E-state index in [-0.39, 0.29) is 4.90 Å². The number of para-hydroxylation sites is 1. The third-order valence-electron chi connectivity index (χ3n) is 4.85. The molecular formula is C20H21NO3S. The Balaban J connectivity index is 1.76. The van der Waals surface area contributed by atoms with Crippen molar-refractivity contribution in [3.63, 3.8) is 0 Å². The molecule has 1 N–H and O–H groups in total. The number of hydrogen-bond acceptors (Lipinski definition) is 3. The molecule has 0 aliphatic heterocycles. The minimum absolute atomic E-state index is 0.170. The second kappa shape index (κ2) is 6.23. The Kier molecular flexibility index (Phi) is 4.04.